The van der Waals surface area contributed by atoms with Gasteiger partial charge in [-0.25, -0.2) is 4.98 Å². The highest BCUT2D eigenvalue weighted by Crippen LogP contribution is 2.24. The van der Waals surface area contributed by atoms with Crippen molar-refractivity contribution in [1.82, 2.24) is 14.8 Å². The monoisotopic (exact) mass is 220 g/mol. The van der Waals surface area contributed by atoms with Crippen LogP contribution in [0.5, 0.6) is 0 Å². The predicted molar refractivity (Wildman–Crippen MR) is 59.5 cm³/mol. The first-order valence-corrected chi connectivity index (χ1v) is 5.41. The van der Waals surface area contributed by atoms with E-state index >= 15 is 0 Å². The predicted octanol–water partition coefficient (Wildman–Crippen LogP) is 1.43. The standard InChI is InChI=1S/C10H12N4S/c1-14-7-9(6-13-14)15-10-3-2-8(4-11)5-12-10/h2-3,5-7H,4,11H2,1H3. The van der Waals surface area contributed by atoms with E-state index in [2.05, 4.69) is 10.1 Å². The molecule has 2 aromatic heterocycles. The summed E-state index contributed by atoms with van der Waals surface area (Å²) < 4.78 is 1.77. The molecule has 0 fully saturated rings. The number of aromatic nitrogens is 3. The molecule has 0 radical (unpaired) electrons. The molecule has 0 amide bonds. The summed E-state index contributed by atoms with van der Waals surface area (Å²) in [4.78, 5) is 5.39. The Hall–Kier alpha value is -1.33. The molecule has 78 valence electrons. The Kier molecular flexibility index (Phi) is 3.03. The third-order valence-electron chi connectivity index (χ3n) is 1.94. The fourth-order valence-corrected chi connectivity index (χ4v) is 1.95. The molecular weight excluding hydrogens is 208 g/mol. The topological polar surface area (TPSA) is 56.7 Å². The van der Waals surface area contributed by atoms with E-state index in [9.17, 15) is 0 Å². The minimum Gasteiger partial charge on any atom is -0.326 e. The van der Waals surface area contributed by atoms with Crippen molar-refractivity contribution in [3.8, 4) is 0 Å². The molecule has 0 saturated heterocycles. The molecule has 2 aromatic rings. The van der Waals surface area contributed by atoms with Crippen molar-refractivity contribution in [2.45, 2.75) is 16.5 Å². The van der Waals surface area contributed by atoms with E-state index in [0.717, 1.165) is 15.5 Å². The first-order valence-electron chi connectivity index (χ1n) is 4.59. The maximum Gasteiger partial charge on any atom is 0.101 e. The molecule has 15 heavy (non-hydrogen) atoms. The van der Waals surface area contributed by atoms with Crippen LogP contribution >= 0.6 is 11.8 Å². The number of nitrogens with two attached hydrogens (primary N) is 1. The van der Waals surface area contributed by atoms with Crippen LogP contribution in [0, 0.1) is 0 Å². The zero-order chi connectivity index (χ0) is 10.7. The van der Waals surface area contributed by atoms with Crippen LogP contribution in [0.1, 0.15) is 5.56 Å². The summed E-state index contributed by atoms with van der Waals surface area (Å²) >= 11 is 1.59. The third-order valence-corrected chi connectivity index (χ3v) is 2.83. The van der Waals surface area contributed by atoms with Gasteiger partial charge < -0.3 is 5.73 Å². The summed E-state index contributed by atoms with van der Waals surface area (Å²) in [6, 6.07) is 3.96. The molecule has 0 aliphatic carbocycles. The van der Waals surface area contributed by atoms with Crippen molar-refractivity contribution >= 4 is 11.8 Å². The maximum absolute atomic E-state index is 5.50. The van der Waals surface area contributed by atoms with Crippen molar-refractivity contribution in [2.75, 3.05) is 0 Å². The van der Waals surface area contributed by atoms with E-state index in [0.29, 0.717) is 6.54 Å². The minimum atomic E-state index is 0.533. The summed E-state index contributed by atoms with van der Waals surface area (Å²) in [5, 5.41) is 5.05. The zero-order valence-corrected chi connectivity index (χ0v) is 9.24. The number of pyridine rings is 1. The lowest BCUT2D eigenvalue weighted by Gasteiger charge is -1.98. The number of hydrogen-bond donors (Lipinski definition) is 1. The zero-order valence-electron chi connectivity index (χ0n) is 8.42. The second kappa shape index (κ2) is 4.46. The quantitative estimate of drug-likeness (QED) is 0.850. The maximum atomic E-state index is 5.50. The van der Waals surface area contributed by atoms with E-state index < -0.39 is 0 Å². The van der Waals surface area contributed by atoms with Gasteiger partial charge in [0, 0.05) is 26.0 Å². The van der Waals surface area contributed by atoms with Gasteiger partial charge in [-0.1, -0.05) is 17.8 Å². The largest absolute Gasteiger partial charge is 0.326 e. The molecule has 0 unspecified atom stereocenters. The average molecular weight is 220 g/mol. The summed E-state index contributed by atoms with van der Waals surface area (Å²) in [7, 11) is 1.90. The van der Waals surface area contributed by atoms with Gasteiger partial charge >= 0.3 is 0 Å². The molecule has 0 saturated carbocycles. The Morgan fingerprint density at radius 2 is 2.27 bits per heavy atom. The van der Waals surface area contributed by atoms with Gasteiger partial charge in [-0.15, -0.1) is 0 Å². The fourth-order valence-electron chi connectivity index (χ4n) is 1.16. The van der Waals surface area contributed by atoms with E-state index in [4.69, 9.17) is 5.73 Å². The molecule has 0 aliphatic heterocycles. The molecule has 0 aliphatic rings. The molecule has 2 heterocycles. The Balaban J connectivity index is 2.11. The minimum absolute atomic E-state index is 0.533. The second-order valence-corrected chi connectivity index (χ2v) is 4.25. The summed E-state index contributed by atoms with van der Waals surface area (Å²) in [6.07, 6.45) is 5.59. The molecule has 2 rings (SSSR count). The van der Waals surface area contributed by atoms with Crippen LogP contribution in [0.25, 0.3) is 0 Å². The lowest BCUT2D eigenvalue weighted by atomic mass is 10.3. The van der Waals surface area contributed by atoms with Crippen LogP contribution in [-0.4, -0.2) is 14.8 Å². The fraction of sp³-hybridized carbons (Fsp3) is 0.200. The summed E-state index contributed by atoms with van der Waals surface area (Å²) in [5.41, 5.74) is 6.54. The summed E-state index contributed by atoms with van der Waals surface area (Å²) in [5.74, 6) is 0. The van der Waals surface area contributed by atoms with E-state index in [-0.39, 0.29) is 0 Å². The van der Waals surface area contributed by atoms with Gasteiger partial charge in [-0.05, 0) is 11.6 Å². The highest BCUT2D eigenvalue weighted by atomic mass is 32.2. The molecular formula is C10H12N4S. The number of aryl methyl sites for hydroxylation is 1. The van der Waals surface area contributed by atoms with Crippen LogP contribution in [0.2, 0.25) is 0 Å². The number of nitrogens with zero attached hydrogens (tertiary/aromatic N) is 3. The van der Waals surface area contributed by atoms with Gasteiger partial charge in [0.1, 0.15) is 5.03 Å². The van der Waals surface area contributed by atoms with Gasteiger partial charge in [0.05, 0.1) is 11.1 Å². The number of hydrogen-bond acceptors (Lipinski definition) is 4. The van der Waals surface area contributed by atoms with Crippen molar-refractivity contribution in [2.24, 2.45) is 12.8 Å². The van der Waals surface area contributed by atoms with Crippen LogP contribution in [0.3, 0.4) is 0 Å². The Labute approximate surface area is 92.5 Å². The van der Waals surface area contributed by atoms with Crippen LogP contribution in [0.4, 0.5) is 0 Å². The van der Waals surface area contributed by atoms with Gasteiger partial charge in [-0.2, -0.15) is 5.10 Å². The van der Waals surface area contributed by atoms with E-state index in [1.54, 1.807) is 22.6 Å². The third kappa shape index (κ3) is 2.57. The van der Waals surface area contributed by atoms with Crippen LogP contribution in [-0.2, 0) is 13.6 Å². The van der Waals surface area contributed by atoms with Crippen molar-refractivity contribution < 1.29 is 0 Å². The smallest absolute Gasteiger partial charge is 0.101 e. The molecule has 5 heteroatoms. The van der Waals surface area contributed by atoms with Crippen LogP contribution in [0.15, 0.2) is 40.6 Å². The Morgan fingerprint density at radius 3 is 2.80 bits per heavy atom. The highest BCUT2D eigenvalue weighted by molar-refractivity contribution is 7.99. The Bertz CT molecular complexity index is 435. The molecule has 4 nitrogen and oxygen atoms in total. The number of rotatable bonds is 3. The normalized spacial score (nSPS) is 10.5. The first kappa shape index (κ1) is 10.2. The lowest BCUT2D eigenvalue weighted by Crippen LogP contribution is -1.96. The van der Waals surface area contributed by atoms with Crippen molar-refractivity contribution in [3.63, 3.8) is 0 Å². The highest BCUT2D eigenvalue weighted by Gasteiger charge is 2.00. The molecule has 0 atom stereocenters. The first-order chi connectivity index (χ1) is 7.28. The van der Waals surface area contributed by atoms with Crippen molar-refractivity contribution in [1.29, 1.82) is 0 Å². The van der Waals surface area contributed by atoms with Crippen molar-refractivity contribution in [3.05, 3.63) is 36.3 Å². The molecule has 0 aromatic carbocycles. The lowest BCUT2D eigenvalue weighted by molar-refractivity contribution is 0.766. The van der Waals surface area contributed by atoms with Gasteiger partial charge in [-0.3, -0.25) is 4.68 Å². The SMILES string of the molecule is Cn1cc(Sc2ccc(CN)cn2)cn1. The van der Waals surface area contributed by atoms with E-state index in [1.807, 2.05) is 31.6 Å². The molecule has 0 spiro atoms. The van der Waals surface area contributed by atoms with Gasteiger partial charge in [0.2, 0.25) is 0 Å². The van der Waals surface area contributed by atoms with Gasteiger partial charge in [0.15, 0.2) is 0 Å². The molecule has 2 N–H and O–H groups in total. The second-order valence-electron chi connectivity index (χ2n) is 3.16. The molecule has 0 bridgehead atoms. The van der Waals surface area contributed by atoms with Gasteiger partial charge in [0.25, 0.3) is 0 Å². The average Bonchev–Trinajstić information content (AvgIpc) is 2.65. The summed E-state index contributed by atoms with van der Waals surface area (Å²) in [6.45, 7) is 0.533. The Morgan fingerprint density at radius 1 is 1.40 bits per heavy atom. The van der Waals surface area contributed by atoms with E-state index in [1.165, 1.54) is 0 Å². The van der Waals surface area contributed by atoms with Crippen LogP contribution < -0.4 is 5.73 Å².